The lowest BCUT2D eigenvalue weighted by atomic mass is 9.47. The molecule has 0 radical (unpaired) electrons. The summed E-state index contributed by atoms with van der Waals surface area (Å²) in [5, 5.41) is 0. The van der Waals surface area contributed by atoms with Crippen LogP contribution in [0.2, 0.25) is 0 Å². The van der Waals surface area contributed by atoms with Crippen LogP contribution >= 0.6 is 0 Å². The molecule has 3 nitrogen and oxygen atoms in total. The molecule has 8 aliphatic rings. The van der Waals surface area contributed by atoms with Gasteiger partial charge in [0.1, 0.15) is 0 Å². The number of piperidine rings is 1. The monoisotopic (exact) mass is 367 g/mol. The van der Waals surface area contributed by atoms with Crippen LogP contribution in [-0.2, 0) is 9.53 Å². The van der Waals surface area contributed by atoms with Gasteiger partial charge in [0, 0.05) is 18.5 Å². The molecule has 1 unspecified atom stereocenters. The molecule has 1 spiro atoms. The number of fused-ring (bicyclic) bond motifs is 3. The van der Waals surface area contributed by atoms with E-state index in [-0.39, 0.29) is 11.6 Å². The first-order chi connectivity index (χ1) is 13.1. The molecule has 5 saturated carbocycles. The Morgan fingerprint density at radius 1 is 1.04 bits per heavy atom. The Morgan fingerprint density at radius 2 is 1.78 bits per heavy atom. The normalized spacial score (nSPS) is 55.3. The summed E-state index contributed by atoms with van der Waals surface area (Å²) < 4.78 is 6.08. The Hall–Kier alpha value is -0.830. The van der Waals surface area contributed by atoms with Crippen LogP contribution in [0.15, 0.2) is 11.6 Å². The molecule has 6 bridgehead atoms. The zero-order chi connectivity index (χ0) is 17.8. The molecule has 4 atom stereocenters. The summed E-state index contributed by atoms with van der Waals surface area (Å²) >= 11 is 0. The quantitative estimate of drug-likeness (QED) is 0.675. The van der Waals surface area contributed by atoms with Crippen molar-refractivity contribution in [1.82, 2.24) is 4.90 Å². The van der Waals surface area contributed by atoms with Crippen LogP contribution in [0.25, 0.3) is 0 Å². The molecular weight excluding hydrogens is 334 g/mol. The van der Waals surface area contributed by atoms with Gasteiger partial charge < -0.3 is 4.74 Å². The largest absolute Gasteiger partial charge is 0.450 e. The lowest BCUT2D eigenvalue weighted by molar-refractivity contribution is -0.148. The first-order valence-electron chi connectivity index (χ1n) is 11.8. The van der Waals surface area contributed by atoms with Gasteiger partial charge in [0.2, 0.25) is 0 Å². The maximum Gasteiger partial charge on any atom is 0.331 e. The number of rotatable bonds is 2. The zero-order valence-corrected chi connectivity index (χ0v) is 16.5. The second kappa shape index (κ2) is 5.20. The van der Waals surface area contributed by atoms with Crippen molar-refractivity contribution in [3.8, 4) is 0 Å². The topological polar surface area (TPSA) is 29.5 Å². The minimum absolute atomic E-state index is 0.0494. The highest BCUT2D eigenvalue weighted by atomic mass is 16.6. The maximum absolute atomic E-state index is 12.3. The lowest BCUT2D eigenvalue weighted by Gasteiger charge is -2.58. The van der Waals surface area contributed by atoms with Gasteiger partial charge in [0.25, 0.3) is 0 Å². The van der Waals surface area contributed by atoms with Crippen molar-refractivity contribution in [3.63, 3.8) is 0 Å². The van der Waals surface area contributed by atoms with Gasteiger partial charge in [-0.1, -0.05) is 6.42 Å². The summed E-state index contributed by atoms with van der Waals surface area (Å²) in [6.07, 6.45) is 18.6. The summed E-state index contributed by atoms with van der Waals surface area (Å²) in [7, 11) is 0. The minimum Gasteiger partial charge on any atom is -0.450 e. The fourth-order valence-corrected chi connectivity index (χ4v) is 9.80. The van der Waals surface area contributed by atoms with E-state index in [1.165, 1.54) is 76.3 Å². The highest BCUT2D eigenvalue weighted by Gasteiger charge is 2.64. The van der Waals surface area contributed by atoms with Crippen molar-refractivity contribution in [1.29, 1.82) is 0 Å². The Bertz CT molecular complexity index is 691. The smallest absolute Gasteiger partial charge is 0.331 e. The molecule has 0 aromatic carbocycles. The third-order valence-electron chi connectivity index (χ3n) is 10.0. The van der Waals surface area contributed by atoms with Crippen LogP contribution in [0, 0.1) is 29.1 Å². The Balaban J connectivity index is 1.23. The average Bonchev–Trinajstić information content (AvgIpc) is 3.10. The van der Waals surface area contributed by atoms with Gasteiger partial charge in [0.15, 0.2) is 5.60 Å². The Morgan fingerprint density at radius 3 is 2.52 bits per heavy atom. The molecule has 0 aromatic rings. The lowest BCUT2D eigenvalue weighted by Crippen LogP contribution is -2.49. The molecular formula is C24H33NO2. The molecule has 146 valence electrons. The second-order valence-corrected chi connectivity index (χ2v) is 11.6. The van der Waals surface area contributed by atoms with Gasteiger partial charge in [-0.05, 0) is 105 Å². The average molecular weight is 368 g/mol. The predicted molar refractivity (Wildman–Crippen MR) is 103 cm³/mol. The van der Waals surface area contributed by atoms with E-state index in [2.05, 4.69) is 4.90 Å². The van der Waals surface area contributed by atoms with E-state index in [1.807, 2.05) is 6.08 Å². The second-order valence-electron chi connectivity index (χ2n) is 11.6. The molecule has 7 fully saturated rings. The standard InChI is InChI=1S/C24H33NO2/c26-22-9-19-8-18(13-23-10-15-5-16(11-23)7-17(6-15)12-23)20-14-24(19,27-22)21-3-1-2-4-25(20)21/h9,15-18,20-21H,1-8,10-14H2/t15?,16?,17?,18?,20-,21+,23?,24-/m0/s1. The molecule has 2 saturated heterocycles. The van der Waals surface area contributed by atoms with Crippen molar-refractivity contribution in [2.45, 2.75) is 94.7 Å². The molecule has 27 heavy (non-hydrogen) atoms. The number of hydrogen-bond donors (Lipinski definition) is 0. The highest BCUT2D eigenvalue weighted by Crippen LogP contribution is 2.64. The molecule has 3 heterocycles. The van der Waals surface area contributed by atoms with Gasteiger partial charge in [-0.2, -0.15) is 0 Å². The van der Waals surface area contributed by atoms with Crippen molar-refractivity contribution < 1.29 is 9.53 Å². The maximum atomic E-state index is 12.3. The van der Waals surface area contributed by atoms with Gasteiger partial charge in [-0.3, -0.25) is 4.90 Å². The predicted octanol–water partition coefficient (Wildman–Crippen LogP) is 4.46. The molecule has 3 aliphatic heterocycles. The van der Waals surface area contributed by atoms with E-state index in [4.69, 9.17) is 4.74 Å². The fourth-order valence-electron chi connectivity index (χ4n) is 9.80. The van der Waals surface area contributed by atoms with E-state index in [0.29, 0.717) is 17.5 Å². The van der Waals surface area contributed by atoms with E-state index in [0.717, 1.165) is 36.5 Å². The summed E-state index contributed by atoms with van der Waals surface area (Å²) in [5.41, 5.74) is 1.81. The third-order valence-corrected chi connectivity index (χ3v) is 10.0. The van der Waals surface area contributed by atoms with Gasteiger partial charge >= 0.3 is 5.97 Å². The minimum atomic E-state index is -0.222. The number of carbonyl (C=O) groups is 1. The van der Waals surface area contributed by atoms with Crippen molar-refractivity contribution in [3.05, 3.63) is 11.6 Å². The highest BCUT2D eigenvalue weighted by molar-refractivity contribution is 5.87. The third kappa shape index (κ3) is 2.10. The van der Waals surface area contributed by atoms with Crippen molar-refractivity contribution >= 4 is 5.97 Å². The Labute approximate surface area is 162 Å². The molecule has 0 aromatic heterocycles. The van der Waals surface area contributed by atoms with Crippen LogP contribution in [0.4, 0.5) is 0 Å². The zero-order valence-electron chi connectivity index (χ0n) is 16.5. The molecule has 0 amide bonds. The van der Waals surface area contributed by atoms with Gasteiger partial charge in [-0.15, -0.1) is 0 Å². The number of carbonyl (C=O) groups excluding carboxylic acids is 1. The van der Waals surface area contributed by atoms with E-state index in [1.54, 1.807) is 0 Å². The number of nitrogens with zero attached hydrogens (tertiary/aromatic N) is 1. The van der Waals surface area contributed by atoms with Crippen LogP contribution in [0.5, 0.6) is 0 Å². The van der Waals surface area contributed by atoms with E-state index < -0.39 is 0 Å². The van der Waals surface area contributed by atoms with Crippen LogP contribution in [-0.4, -0.2) is 35.1 Å². The summed E-state index contributed by atoms with van der Waals surface area (Å²) in [6, 6.07) is 1.15. The number of hydrogen-bond acceptors (Lipinski definition) is 3. The van der Waals surface area contributed by atoms with Crippen LogP contribution in [0.1, 0.15) is 77.0 Å². The number of ether oxygens (including phenoxy) is 1. The fraction of sp³-hybridized carbons (Fsp3) is 0.875. The molecule has 0 N–H and O–H groups in total. The summed E-state index contributed by atoms with van der Waals surface area (Å²) in [6.45, 7) is 1.24. The van der Waals surface area contributed by atoms with Crippen molar-refractivity contribution in [2.24, 2.45) is 29.1 Å². The van der Waals surface area contributed by atoms with Crippen LogP contribution in [0.3, 0.4) is 0 Å². The molecule has 5 aliphatic carbocycles. The van der Waals surface area contributed by atoms with Crippen LogP contribution < -0.4 is 0 Å². The molecule has 8 rings (SSSR count). The first kappa shape index (κ1) is 16.0. The summed E-state index contributed by atoms with van der Waals surface area (Å²) in [5.74, 6) is 3.84. The first-order valence-corrected chi connectivity index (χ1v) is 11.8. The number of esters is 1. The van der Waals surface area contributed by atoms with E-state index >= 15 is 0 Å². The summed E-state index contributed by atoms with van der Waals surface area (Å²) in [4.78, 5) is 15.1. The van der Waals surface area contributed by atoms with Gasteiger partial charge in [-0.25, -0.2) is 4.79 Å². The van der Waals surface area contributed by atoms with E-state index in [9.17, 15) is 4.79 Å². The van der Waals surface area contributed by atoms with Crippen molar-refractivity contribution in [2.75, 3.05) is 6.54 Å². The molecule has 3 heteroatoms. The SMILES string of the molecule is O=C1C=C2CC(CC34CC5CC(CC(C5)C3)C4)[C@@H]3C[C@@]2(O1)[C@H]1CCCCN31. The Kier molecular flexibility index (Phi) is 3.09. The van der Waals surface area contributed by atoms with Gasteiger partial charge in [0.05, 0.1) is 6.04 Å².